The van der Waals surface area contributed by atoms with Crippen molar-refractivity contribution in [2.24, 2.45) is 0 Å². The first-order valence-corrected chi connectivity index (χ1v) is 2.45. The first kappa shape index (κ1) is 9.15. The van der Waals surface area contributed by atoms with Crippen molar-refractivity contribution in [1.29, 1.82) is 0 Å². The zero-order valence-corrected chi connectivity index (χ0v) is 5.02. The van der Waals surface area contributed by atoms with Crippen LogP contribution in [0.1, 0.15) is 6.42 Å². The number of rotatable bonds is 3. The van der Waals surface area contributed by atoms with Crippen LogP contribution in [-0.2, 0) is 4.74 Å². The number of aliphatic hydroxyl groups excluding tert-OH is 1. The molecule has 0 amide bonds. The van der Waals surface area contributed by atoms with Gasteiger partial charge < -0.3 is 25.2 Å². The maximum Gasteiger partial charge on any atom is 0.510 e. The minimum Gasteiger partial charge on any atom is -0.450 e. The molecular formula is C4H8O6. The lowest BCUT2D eigenvalue weighted by molar-refractivity contribution is -0.317. The van der Waals surface area contributed by atoms with Crippen molar-refractivity contribution in [3.63, 3.8) is 0 Å². The summed E-state index contributed by atoms with van der Waals surface area (Å²) < 4.78 is 3.55. The van der Waals surface area contributed by atoms with Gasteiger partial charge in [0.15, 0.2) is 0 Å². The number of aliphatic hydroxyl groups is 3. The van der Waals surface area contributed by atoms with Crippen LogP contribution in [0.2, 0.25) is 0 Å². The van der Waals surface area contributed by atoms with Crippen molar-refractivity contribution in [1.82, 2.24) is 0 Å². The molecule has 6 heteroatoms. The second-order valence-electron chi connectivity index (χ2n) is 1.58. The van der Waals surface area contributed by atoms with E-state index in [1.54, 1.807) is 0 Å². The first-order valence-electron chi connectivity index (χ1n) is 2.45. The lowest BCUT2D eigenvalue weighted by Crippen LogP contribution is -2.34. The number of ether oxygens (including phenoxy) is 1. The largest absolute Gasteiger partial charge is 0.510 e. The lowest BCUT2D eigenvalue weighted by atomic mass is 10.4. The summed E-state index contributed by atoms with van der Waals surface area (Å²) in [6, 6.07) is 0. The molecule has 0 saturated carbocycles. The smallest absolute Gasteiger partial charge is 0.450 e. The molecule has 0 fully saturated rings. The first-order chi connectivity index (χ1) is 4.48. The van der Waals surface area contributed by atoms with Gasteiger partial charge in [-0.3, -0.25) is 0 Å². The van der Waals surface area contributed by atoms with Crippen LogP contribution in [0.5, 0.6) is 0 Å². The molecule has 0 aliphatic rings. The summed E-state index contributed by atoms with van der Waals surface area (Å²) >= 11 is 0. The average molecular weight is 152 g/mol. The number of hydrogen-bond donors (Lipinski definition) is 4. The van der Waals surface area contributed by atoms with Crippen LogP contribution in [-0.4, -0.2) is 39.2 Å². The lowest BCUT2D eigenvalue weighted by Gasteiger charge is -2.17. The molecule has 0 aliphatic heterocycles. The van der Waals surface area contributed by atoms with Crippen LogP contribution >= 0.6 is 0 Å². The predicted octanol–water partition coefficient (Wildman–Crippen LogP) is -1.30. The molecule has 0 unspecified atom stereocenters. The van der Waals surface area contributed by atoms with Gasteiger partial charge in [-0.1, -0.05) is 0 Å². The van der Waals surface area contributed by atoms with E-state index in [9.17, 15) is 4.79 Å². The Morgan fingerprint density at radius 3 is 2.30 bits per heavy atom. The van der Waals surface area contributed by atoms with Gasteiger partial charge in [0.2, 0.25) is 0 Å². The summed E-state index contributed by atoms with van der Waals surface area (Å²) in [4.78, 5) is 9.67. The van der Waals surface area contributed by atoms with Gasteiger partial charge in [-0.15, -0.1) is 0 Å². The van der Waals surface area contributed by atoms with E-state index in [4.69, 9.17) is 20.4 Å². The third kappa shape index (κ3) is 4.07. The third-order valence-corrected chi connectivity index (χ3v) is 0.688. The molecule has 0 aromatic heterocycles. The van der Waals surface area contributed by atoms with E-state index < -0.39 is 25.2 Å². The van der Waals surface area contributed by atoms with Gasteiger partial charge in [0.1, 0.15) is 0 Å². The van der Waals surface area contributed by atoms with Crippen molar-refractivity contribution >= 4 is 6.16 Å². The van der Waals surface area contributed by atoms with Gasteiger partial charge in [0, 0.05) is 0 Å². The Labute approximate surface area is 56.3 Å². The molecule has 0 aliphatic carbocycles. The van der Waals surface area contributed by atoms with E-state index in [1.807, 2.05) is 0 Å². The predicted molar refractivity (Wildman–Crippen MR) is 28.0 cm³/mol. The quantitative estimate of drug-likeness (QED) is 0.296. The van der Waals surface area contributed by atoms with Gasteiger partial charge in [-0.05, 0) is 0 Å². The van der Waals surface area contributed by atoms with Crippen LogP contribution < -0.4 is 0 Å². The van der Waals surface area contributed by atoms with Crippen LogP contribution in [0.15, 0.2) is 0 Å². The molecule has 0 heterocycles. The van der Waals surface area contributed by atoms with Crippen LogP contribution in [0.4, 0.5) is 4.79 Å². The van der Waals surface area contributed by atoms with Gasteiger partial charge in [0.25, 0.3) is 0 Å². The maximum absolute atomic E-state index is 9.67. The fourth-order valence-electron chi connectivity index (χ4n) is 0.337. The highest BCUT2D eigenvalue weighted by atomic mass is 16.8. The molecule has 0 aromatic carbocycles. The van der Waals surface area contributed by atoms with E-state index in [-0.39, 0.29) is 0 Å². The van der Waals surface area contributed by atoms with Gasteiger partial charge in [-0.25, -0.2) is 4.79 Å². The Bertz CT molecular complexity index is 119. The molecule has 0 saturated heterocycles. The molecule has 0 atom stereocenters. The molecular weight excluding hydrogens is 144 g/mol. The Kier molecular flexibility index (Phi) is 3.07. The second-order valence-corrected chi connectivity index (χ2v) is 1.58. The molecule has 0 rings (SSSR count). The van der Waals surface area contributed by atoms with Crippen LogP contribution in [0.25, 0.3) is 0 Å². The molecule has 0 aromatic rings. The van der Waals surface area contributed by atoms with Crippen molar-refractivity contribution in [3.05, 3.63) is 0 Å². The average Bonchev–Trinajstić information content (AvgIpc) is 1.59. The Morgan fingerprint density at radius 2 is 2.00 bits per heavy atom. The molecule has 60 valence electrons. The third-order valence-electron chi connectivity index (χ3n) is 0.688. The fourth-order valence-corrected chi connectivity index (χ4v) is 0.337. The Balaban J connectivity index is 3.74. The molecule has 4 N–H and O–H groups in total. The topological polar surface area (TPSA) is 107 Å². The highest BCUT2D eigenvalue weighted by Gasteiger charge is 2.27. The van der Waals surface area contributed by atoms with Gasteiger partial charge >= 0.3 is 12.1 Å². The Hall–Kier alpha value is -0.850. The highest BCUT2D eigenvalue weighted by molar-refractivity contribution is 5.57. The van der Waals surface area contributed by atoms with E-state index in [0.29, 0.717) is 0 Å². The van der Waals surface area contributed by atoms with Crippen molar-refractivity contribution in [2.45, 2.75) is 12.4 Å². The monoisotopic (exact) mass is 152 g/mol. The normalized spacial score (nSPS) is 11.1. The Morgan fingerprint density at radius 1 is 1.50 bits per heavy atom. The number of hydrogen-bond acceptors (Lipinski definition) is 5. The molecule has 6 nitrogen and oxygen atoms in total. The zero-order valence-electron chi connectivity index (χ0n) is 5.02. The highest BCUT2D eigenvalue weighted by Crippen LogP contribution is 2.06. The minimum atomic E-state index is -2.78. The van der Waals surface area contributed by atoms with E-state index in [1.165, 1.54) is 0 Å². The number of carbonyl (C=O) groups is 1. The van der Waals surface area contributed by atoms with E-state index >= 15 is 0 Å². The summed E-state index contributed by atoms with van der Waals surface area (Å²) in [5.41, 5.74) is 0. The van der Waals surface area contributed by atoms with Crippen molar-refractivity contribution < 1.29 is 30.0 Å². The summed E-state index contributed by atoms with van der Waals surface area (Å²) in [6.45, 7) is -0.569. The molecule has 0 radical (unpaired) electrons. The SMILES string of the molecule is O=C(O)OC(O)(O)CCO. The van der Waals surface area contributed by atoms with Gasteiger partial charge in [0.05, 0.1) is 13.0 Å². The summed E-state index contributed by atoms with van der Waals surface area (Å²) in [6.07, 6.45) is -2.38. The standard InChI is InChI=1S/C4H8O6/c5-2-1-4(8,9)10-3(6)7/h5,8-9H,1-2H2,(H,6,7). The minimum absolute atomic E-state index is 0.569. The van der Waals surface area contributed by atoms with E-state index in [0.717, 1.165) is 0 Å². The number of carboxylic acid groups (broad SMARTS) is 1. The van der Waals surface area contributed by atoms with Crippen molar-refractivity contribution in [2.75, 3.05) is 6.61 Å². The summed E-state index contributed by atoms with van der Waals surface area (Å²) in [7, 11) is 0. The zero-order chi connectivity index (χ0) is 8.20. The second kappa shape index (κ2) is 3.35. The maximum atomic E-state index is 9.67. The van der Waals surface area contributed by atoms with Crippen LogP contribution in [0.3, 0.4) is 0 Å². The van der Waals surface area contributed by atoms with Crippen molar-refractivity contribution in [3.8, 4) is 0 Å². The summed E-state index contributed by atoms with van der Waals surface area (Å²) in [5, 5.41) is 32.9. The molecule has 10 heavy (non-hydrogen) atoms. The molecule has 0 spiro atoms. The fraction of sp³-hybridized carbons (Fsp3) is 0.750. The van der Waals surface area contributed by atoms with E-state index in [2.05, 4.69) is 4.74 Å². The van der Waals surface area contributed by atoms with Gasteiger partial charge in [-0.2, -0.15) is 0 Å². The van der Waals surface area contributed by atoms with Crippen LogP contribution in [0, 0.1) is 0 Å². The molecule has 0 bridgehead atoms. The summed E-state index contributed by atoms with van der Waals surface area (Å²) in [5.74, 6) is -2.78.